The number of terminal acetylenes is 1. The molecule has 2 N–H and O–H groups in total. The van der Waals surface area contributed by atoms with E-state index < -0.39 is 11.7 Å². The zero-order chi connectivity index (χ0) is 18.1. The summed E-state index contributed by atoms with van der Waals surface area (Å²) in [5.74, 6) is 3.68. The van der Waals surface area contributed by atoms with Crippen molar-refractivity contribution in [2.24, 2.45) is 4.99 Å². The van der Waals surface area contributed by atoms with E-state index in [0.29, 0.717) is 24.5 Å². The van der Waals surface area contributed by atoms with Crippen molar-refractivity contribution in [2.75, 3.05) is 13.1 Å². The molecule has 0 aliphatic rings. The number of hydrogen-bond donors (Lipinski definition) is 2. The second kappa shape index (κ2) is 10.8. The summed E-state index contributed by atoms with van der Waals surface area (Å²) in [4.78, 5) is 4.27. The number of aliphatic imine (C=N–C) groups is 1. The van der Waals surface area contributed by atoms with Crippen LogP contribution in [0.2, 0.25) is 0 Å². The monoisotopic (exact) mass is 477 g/mol. The third-order valence-electron chi connectivity index (χ3n) is 3.28. The quantitative estimate of drug-likeness (QED) is 0.288. The number of rotatable bonds is 6. The van der Waals surface area contributed by atoms with Crippen molar-refractivity contribution in [3.8, 4) is 12.3 Å². The summed E-state index contributed by atoms with van der Waals surface area (Å²) in [5, 5.41) is 5.98. The third-order valence-corrected chi connectivity index (χ3v) is 3.28. The molecule has 0 bridgehead atoms. The molecule has 26 heavy (non-hydrogen) atoms. The Morgan fingerprint density at radius 3 is 2.65 bits per heavy atom. The summed E-state index contributed by atoms with van der Waals surface area (Å²) in [5.41, 5.74) is -0.230. The number of nitrogens with zero attached hydrogens (tertiary/aromatic N) is 1. The van der Waals surface area contributed by atoms with Crippen molar-refractivity contribution in [3.63, 3.8) is 0 Å². The smallest absolute Gasteiger partial charge is 0.416 e. The van der Waals surface area contributed by atoms with Crippen molar-refractivity contribution in [1.82, 2.24) is 10.6 Å². The SMILES string of the molecule is C#CCNC(=NCc1cccc(C(F)(F)F)c1)NCCc1ccco1.I. The Morgan fingerprint density at radius 2 is 2.00 bits per heavy atom. The van der Waals surface area contributed by atoms with E-state index in [1.54, 1.807) is 18.4 Å². The molecule has 0 saturated heterocycles. The molecule has 0 saturated carbocycles. The van der Waals surface area contributed by atoms with E-state index >= 15 is 0 Å². The van der Waals surface area contributed by atoms with Gasteiger partial charge >= 0.3 is 6.18 Å². The second-order valence-electron chi connectivity index (χ2n) is 5.18. The van der Waals surface area contributed by atoms with Gasteiger partial charge in [-0.25, -0.2) is 4.99 Å². The lowest BCUT2D eigenvalue weighted by Gasteiger charge is -2.11. The first kappa shape index (κ1) is 21.9. The molecule has 140 valence electrons. The molecule has 0 fully saturated rings. The lowest BCUT2D eigenvalue weighted by atomic mass is 10.1. The molecule has 1 aromatic carbocycles. The lowest BCUT2D eigenvalue weighted by molar-refractivity contribution is -0.137. The van der Waals surface area contributed by atoms with E-state index in [1.807, 2.05) is 6.07 Å². The molecule has 2 rings (SSSR count). The van der Waals surface area contributed by atoms with Crippen molar-refractivity contribution < 1.29 is 17.6 Å². The predicted molar refractivity (Wildman–Crippen MR) is 105 cm³/mol. The Bertz CT molecular complexity index is 737. The van der Waals surface area contributed by atoms with Crippen LogP contribution in [0.15, 0.2) is 52.1 Å². The van der Waals surface area contributed by atoms with Crippen LogP contribution in [0.25, 0.3) is 0 Å². The van der Waals surface area contributed by atoms with Crippen LogP contribution in [-0.2, 0) is 19.1 Å². The van der Waals surface area contributed by atoms with Gasteiger partial charge in [-0.05, 0) is 29.8 Å². The number of alkyl halides is 3. The van der Waals surface area contributed by atoms with Gasteiger partial charge in [-0.15, -0.1) is 30.4 Å². The van der Waals surface area contributed by atoms with Gasteiger partial charge in [0.25, 0.3) is 0 Å². The Balaban J connectivity index is 0.00000338. The fraction of sp³-hybridized carbons (Fsp3) is 0.278. The molecule has 8 heteroatoms. The van der Waals surface area contributed by atoms with Crippen LogP contribution in [0, 0.1) is 12.3 Å². The summed E-state index contributed by atoms with van der Waals surface area (Å²) < 4.78 is 43.5. The molecule has 2 aromatic rings. The van der Waals surface area contributed by atoms with Gasteiger partial charge in [0.15, 0.2) is 5.96 Å². The van der Waals surface area contributed by atoms with Gasteiger partial charge in [-0.1, -0.05) is 18.1 Å². The Kier molecular flexibility index (Phi) is 9.05. The average Bonchev–Trinajstić information content (AvgIpc) is 3.09. The zero-order valence-electron chi connectivity index (χ0n) is 13.8. The largest absolute Gasteiger partial charge is 0.469 e. The minimum absolute atomic E-state index is 0. The molecular formula is C18H19F3IN3O. The van der Waals surface area contributed by atoms with Crippen LogP contribution in [0.5, 0.6) is 0 Å². The molecule has 0 aliphatic heterocycles. The van der Waals surface area contributed by atoms with E-state index in [-0.39, 0.29) is 37.1 Å². The lowest BCUT2D eigenvalue weighted by Crippen LogP contribution is -2.38. The minimum atomic E-state index is -4.37. The Hall–Kier alpha value is -2.15. The highest BCUT2D eigenvalue weighted by Crippen LogP contribution is 2.29. The summed E-state index contributed by atoms with van der Waals surface area (Å²) in [6, 6.07) is 8.75. The Morgan fingerprint density at radius 1 is 1.19 bits per heavy atom. The number of halogens is 4. The Labute approximate surface area is 167 Å². The highest BCUT2D eigenvalue weighted by Gasteiger charge is 2.30. The molecule has 0 aliphatic carbocycles. The maximum Gasteiger partial charge on any atom is 0.416 e. The van der Waals surface area contributed by atoms with Crippen molar-refractivity contribution >= 4 is 29.9 Å². The van der Waals surface area contributed by atoms with Gasteiger partial charge in [-0.3, -0.25) is 0 Å². The van der Waals surface area contributed by atoms with Crippen LogP contribution < -0.4 is 10.6 Å². The topological polar surface area (TPSA) is 49.6 Å². The number of hydrogen-bond acceptors (Lipinski definition) is 2. The van der Waals surface area contributed by atoms with Crippen molar-refractivity contribution in [2.45, 2.75) is 19.1 Å². The summed E-state index contributed by atoms with van der Waals surface area (Å²) in [7, 11) is 0. The summed E-state index contributed by atoms with van der Waals surface area (Å²) >= 11 is 0. The maximum atomic E-state index is 12.7. The van der Waals surface area contributed by atoms with Crippen LogP contribution in [-0.4, -0.2) is 19.0 Å². The molecule has 4 nitrogen and oxygen atoms in total. The van der Waals surface area contributed by atoms with Crippen LogP contribution >= 0.6 is 24.0 Å². The third kappa shape index (κ3) is 7.39. The van der Waals surface area contributed by atoms with E-state index in [0.717, 1.165) is 17.9 Å². The summed E-state index contributed by atoms with van der Waals surface area (Å²) in [6.07, 6.45) is 3.09. The molecule has 0 amide bonds. The van der Waals surface area contributed by atoms with Crippen molar-refractivity contribution in [1.29, 1.82) is 0 Å². The molecule has 0 radical (unpaired) electrons. The highest BCUT2D eigenvalue weighted by atomic mass is 127. The van der Waals surface area contributed by atoms with E-state index in [9.17, 15) is 13.2 Å². The van der Waals surface area contributed by atoms with Gasteiger partial charge in [0.1, 0.15) is 5.76 Å². The molecule has 0 spiro atoms. The first-order valence-electron chi connectivity index (χ1n) is 7.63. The van der Waals surface area contributed by atoms with Gasteiger partial charge in [-0.2, -0.15) is 13.2 Å². The summed E-state index contributed by atoms with van der Waals surface area (Å²) in [6.45, 7) is 0.909. The van der Waals surface area contributed by atoms with Crippen molar-refractivity contribution in [3.05, 3.63) is 59.5 Å². The fourth-order valence-corrected chi connectivity index (χ4v) is 2.08. The molecule has 1 heterocycles. The fourth-order valence-electron chi connectivity index (χ4n) is 2.08. The molecule has 1 aromatic heterocycles. The normalized spacial score (nSPS) is 11.4. The minimum Gasteiger partial charge on any atom is -0.469 e. The van der Waals surface area contributed by atoms with Gasteiger partial charge < -0.3 is 15.1 Å². The number of guanidine groups is 1. The first-order valence-corrected chi connectivity index (χ1v) is 7.63. The first-order chi connectivity index (χ1) is 12.0. The molecule has 0 unspecified atom stereocenters. The van der Waals surface area contributed by atoms with Crippen LogP contribution in [0.4, 0.5) is 13.2 Å². The predicted octanol–water partition coefficient (Wildman–Crippen LogP) is 3.83. The van der Waals surface area contributed by atoms with Crippen LogP contribution in [0.3, 0.4) is 0 Å². The zero-order valence-corrected chi connectivity index (χ0v) is 16.2. The molecular weight excluding hydrogens is 458 g/mol. The van der Waals surface area contributed by atoms with Gasteiger partial charge in [0, 0.05) is 13.0 Å². The van der Waals surface area contributed by atoms with E-state index in [2.05, 4.69) is 21.5 Å². The van der Waals surface area contributed by atoms with E-state index in [4.69, 9.17) is 10.8 Å². The van der Waals surface area contributed by atoms with Gasteiger partial charge in [0.05, 0.1) is 24.9 Å². The maximum absolute atomic E-state index is 12.7. The molecule has 0 atom stereocenters. The number of furan rings is 1. The average molecular weight is 477 g/mol. The van der Waals surface area contributed by atoms with Crippen LogP contribution in [0.1, 0.15) is 16.9 Å². The highest BCUT2D eigenvalue weighted by molar-refractivity contribution is 14.0. The number of nitrogens with one attached hydrogen (secondary N) is 2. The van der Waals surface area contributed by atoms with E-state index in [1.165, 1.54) is 6.07 Å². The standard InChI is InChI=1S/C18H18F3N3O.HI/c1-2-9-22-17(23-10-8-16-7-4-11-25-16)24-13-14-5-3-6-15(12-14)18(19,20)21;/h1,3-7,11-12H,8-10,13H2,(H2,22,23,24);1H. The second-order valence-corrected chi connectivity index (χ2v) is 5.18. The number of benzene rings is 1. The van der Waals surface area contributed by atoms with Gasteiger partial charge in [0.2, 0.25) is 0 Å².